The molecule has 186 valence electrons. The molecule has 3 aromatic carbocycles. The molecule has 36 heavy (non-hydrogen) atoms. The van der Waals surface area contributed by atoms with Gasteiger partial charge in [0.15, 0.2) is 5.75 Å². The Morgan fingerprint density at radius 1 is 1.03 bits per heavy atom. The zero-order valence-electron chi connectivity index (χ0n) is 19.7. The lowest BCUT2D eigenvalue weighted by atomic mass is 10.1. The Morgan fingerprint density at radius 2 is 1.78 bits per heavy atom. The van der Waals surface area contributed by atoms with Gasteiger partial charge in [-0.1, -0.05) is 24.3 Å². The van der Waals surface area contributed by atoms with E-state index >= 15 is 0 Å². The molecule has 0 unspecified atom stereocenters. The van der Waals surface area contributed by atoms with Crippen LogP contribution in [-0.2, 0) is 6.18 Å². The van der Waals surface area contributed by atoms with Gasteiger partial charge in [-0.25, -0.2) is 4.99 Å². The highest BCUT2D eigenvalue weighted by Crippen LogP contribution is 2.42. The first-order chi connectivity index (χ1) is 17.3. The van der Waals surface area contributed by atoms with E-state index in [1.165, 1.54) is 13.2 Å². The van der Waals surface area contributed by atoms with Crippen LogP contribution in [-0.4, -0.2) is 54.3 Å². The molecule has 0 radical (unpaired) electrons. The van der Waals surface area contributed by atoms with Crippen molar-refractivity contribution in [3.63, 3.8) is 0 Å². The van der Waals surface area contributed by atoms with Crippen LogP contribution in [0.1, 0.15) is 28.4 Å². The number of hydrogen-bond donors (Lipinski definition) is 0. The topological polar surface area (TPSA) is 54.4 Å². The summed E-state index contributed by atoms with van der Waals surface area (Å²) < 4.78 is 51.5. The maximum absolute atomic E-state index is 13.4. The van der Waals surface area contributed by atoms with E-state index in [9.17, 15) is 18.0 Å². The molecule has 5 rings (SSSR count). The average molecular weight is 496 g/mol. The first-order valence-corrected chi connectivity index (χ1v) is 11.5. The quantitative estimate of drug-likeness (QED) is 0.455. The SMILES string of the molecule is COc1ccccc1C(=O)N1CCN(C2=Nc3cc(C(F)(F)F)ccc3Oc3ccccc32)C[C@@H]1C. The van der Waals surface area contributed by atoms with Crippen LogP contribution >= 0.6 is 0 Å². The Balaban J connectivity index is 1.48. The second kappa shape index (κ2) is 9.22. The lowest BCUT2D eigenvalue weighted by molar-refractivity contribution is -0.137. The monoisotopic (exact) mass is 495 g/mol. The van der Waals surface area contributed by atoms with Crippen LogP contribution in [0.3, 0.4) is 0 Å². The van der Waals surface area contributed by atoms with Crippen molar-refractivity contribution in [3.8, 4) is 17.2 Å². The van der Waals surface area contributed by atoms with Gasteiger partial charge in [-0.3, -0.25) is 4.79 Å². The maximum atomic E-state index is 13.4. The molecular weight excluding hydrogens is 471 g/mol. The van der Waals surface area contributed by atoms with Crippen molar-refractivity contribution in [1.29, 1.82) is 0 Å². The van der Waals surface area contributed by atoms with Crippen molar-refractivity contribution >= 4 is 17.4 Å². The number of fused-ring (bicyclic) bond motifs is 2. The number of aliphatic imine (C=N–C) groups is 1. The molecule has 6 nitrogen and oxygen atoms in total. The van der Waals surface area contributed by atoms with Crippen LogP contribution < -0.4 is 9.47 Å². The Hall–Kier alpha value is -4.01. The third-order valence-electron chi connectivity index (χ3n) is 6.39. The number of benzene rings is 3. The summed E-state index contributed by atoms with van der Waals surface area (Å²) in [6.45, 7) is 3.25. The third kappa shape index (κ3) is 4.36. The van der Waals surface area contributed by atoms with Crippen molar-refractivity contribution in [1.82, 2.24) is 9.80 Å². The van der Waals surface area contributed by atoms with Crippen LogP contribution in [0.4, 0.5) is 18.9 Å². The van der Waals surface area contributed by atoms with Gasteiger partial charge in [0.25, 0.3) is 5.91 Å². The lowest BCUT2D eigenvalue weighted by Crippen LogP contribution is -2.55. The van der Waals surface area contributed by atoms with Crippen LogP contribution in [0.5, 0.6) is 17.2 Å². The van der Waals surface area contributed by atoms with Gasteiger partial charge in [-0.2, -0.15) is 13.2 Å². The molecule has 1 atom stereocenters. The minimum absolute atomic E-state index is 0.108. The van der Waals surface area contributed by atoms with Crippen LogP contribution in [0.25, 0.3) is 0 Å². The average Bonchev–Trinajstić information content (AvgIpc) is 3.04. The normalized spacial score (nSPS) is 17.4. The van der Waals surface area contributed by atoms with Crippen molar-refractivity contribution in [2.75, 3.05) is 26.7 Å². The second-order valence-electron chi connectivity index (χ2n) is 8.71. The van der Waals surface area contributed by atoms with E-state index in [-0.39, 0.29) is 23.4 Å². The van der Waals surface area contributed by atoms with Crippen molar-refractivity contribution in [3.05, 3.63) is 83.4 Å². The molecule has 0 N–H and O–H groups in total. The first-order valence-electron chi connectivity index (χ1n) is 11.5. The summed E-state index contributed by atoms with van der Waals surface area (Å²) in [4.78, 5) is 21.7. The van der Waals surface area contributed by atoms with Crippen LogP contribution in [0, 0.1) is 0 Å². The molecular formula is C27H24F3N3O3. The predicted molar refractivity (Wildman–Crippen MR) is 129 cm³/mol. The molecule has 0 saturated carbocycles. The number of amides is 1. The van der Waals surface area contributed by atoms with E-state index in [0.29, 0.717) is 48.1 Å². The second-order valence-corrected chi connectivity index (χ2v) is 8.71. The number of carbonyl (C=O) groups excluding carboxylic acids is 1. The molecule has 3 aromatic rings. The molecule has 0 aliphatic carbocycles. The lowest BCUT2D eigenvalue weighted by Gasteiger charge is -2.41. The van der Waals surface area contributed by atoms with Gasteiger partial charge in [0, 0.05) is 25.7 Å². The molecule has 1 amide bonds. The van der Waals surface area contributed by atoms with E-state index in [4.69, 9.17) is 9.47 Å². The smallest absolute Gasteiger partial charge is 0.416 e. The van der Waals surface area contributed by atoms with E-state index in [1.54, 1.807) is 35.2 Å². The van der Waals surface area contributed by atoms with Gasteiger partial charge in [0.1, 0.15) is 23.0 Å². The number of para-hydroxylation sites is 2. The zero-order valence-corrected chi connectivity index (χ0v) is 19.7. The molecule has 1 fully saturated rings. The summed E-state index contributed by atoms with van der Waals surface area (Å²) in [6, 6.07) is 17.4. The summed E-state index contributed by atoms with van der Waals surface area (Å²) in [7, 11) is 1.53. The number of carbonyl (C=O) groups is 1. The highest BCUT2D eigenvalue weighted by Gasteiger charge is 2.34. The summed E-state index contributed by atoms with van der Waals surface area (Å²) >= 11 is 0. The van der Waals surface area contributed by atoms with Gasteiger partial charge < -0.3 is 19.3 Å². The molecule has 0 spiro atoms. The van der Waals surface area contributed by atoms with Crippen molar-refractivity contribution in [2.45, 2.75) is 19.1 Å². The van der Waals surface area contributed by atoms with Gasteiger partial charge in [0.2, 0.25) is 0 Å². The summed E-state index contributed by atoms with van der Waals surface area (Å²) in [5, 5.41) is 0. The molecule has 1 saturated heterocycles. The van der Waals surface area contributed by atoms with E-state index in [2.05, 4.69) is 4.99 Å². The predicted octanol–water partition coefficient (Wildman–Crippen LogP) is 5.74. The molecule has 2 aliphatic rings. The summed E-state index contributed by atoms with van der Waals surface area (Å²) in [6.07, 6.45) is -4.50. The summed E-state index contributed by atoms with van der Waals surface area (Å²) in [5.41, 5.74) is 0.481. The van der Waals surface area contributed by atoms with Crippen LogP contribution in [0.2, 0.25) is 0 Å². The van der Waals surface area contributed by atoms with E-state index in [1.807, 2.05) is 30.0 Å². The molecule has 9 heteroatoms. The third-order valence-corrected chi connectivity index (χ3v) is 6.39. The maximum Gasteiger partial charge on any atom is 0.416 e. The Labute approximate surface area is 206 Å². The fourth-order valence-corrected chi connectivity index (χ4v) is 4.57. The number of ether oxygens (including phenoxy) is 2. The highest BCUT2D eigenvalue weighted by molar-refractivity contribution is 6.04. The van der Waals surface area contributed by atoms with Gasteiger partial charge in [-0.05, 0) is 49.4 Å². The van der Waals surface area contributed by atoms with Crippen molar-refractivity contribution < 1.29 is 27.4 Å². The molecule has 2 aliphatic heterocycles. The number of halogens is 3. The fourth-order valence-electron chi connectivity index (χ4n) is 4.57. The van der Waals surface area contributed by atoms with Gasteiger partial charge >= 0.3 is 6.18 Å². The number of hydrogen-bond acceptors (Lipinski definition) is 5. The number of nitrogens with zero attached hydrogens (tertiary/aromatic N) is 3. The van der Waals surface area contributed by atoms with Crippen molar-refractivity contribution in [2.24, 2.45) is 4.99 Å². The number of piperazine rings is 1. The molecule has 0 aromatic heterocycles. The number of methoxy groups -OCH3 is 1. The Bertz CT molecular complexity index is 1340. The Morgan fingerprint density at radius 3 is 2.53 bits per heavy atom. The Kier molecular flexibility index (Phi) is 6.07. The first kappa shape index (κ1) is 23.7. The van der Waals surface area contributed by atoms with Gasteiger partial charge in [-0.15, -0.1) is 0 Å². The standard InChI is InChI=1S/C27H24F3N3O3/c1-17-16-32(13-14-33(17)26(34)20-8-4-5-9-22(20)35-2)25-19-7-3-6-10-23(19)36-24-12-11-18(27(28,29)30)15-21(24)31-25/h3-12,15,17H,13-14,16H2,1-2H3/t17-/m0/s1. The summed E-state index contributed by atoms with van der Waals surface area (Å²) in [5.74, 6) is 1.65. The number of alkyl halides is 3. The number of amidine groups is 1. The molecule has 2 heterocycles. The van der Waals surface area contributed by atoms with Gasteiger partial charge in [0.05, 0.1) is 23.8 Å². The minimum atomic E-state index is -4.50. The molecule has 0 bridgehead atoms. The van der Waals surface area contributed by atoms with E-state index < -0.39 is 11.7 Å². The largest absolute Gasteiger partial charge is 0.496 e. The van der Waals surface area contributed by atoms with Crippen LogP contribution in [0.15, 0.2) is 71.7 Å². The van der Waals surface area contributed by atoms with E-state index in [0.717, 1.165) is 12.1 Å². The highest BCUT2D eigenvalue weighted by atomic mass is 19.4. The zero-order chi connectivity index (χ0) is 25.4. The fraction of sp³-hybridized carbons (Fsp3) is 0.259. The minimum Gasteiger partial charge on any atom is -0.496 e. The number of rotatable bonds is 2.